The van der Waals surface area contributed by atoms with Crippen LogP contribution in [0.1, 0.15) is 11.3 Å². The van der Waals surface area contributed by atoms with Gasteiger partial charge >= 0.3 is 0 Å². The van der Waals surface area contributed by atoms with Gasteiger partial charge in [0, 0.05) is 6.20 Å². The summed E-state index contributed by atoms with van der Waals surface area (Å²) in [6.07, 6.45) is 1.53. The third-order valence-electron chi connectivity index (χ3n) is 1.22. The average molecular weight is 158 g/mol. The Labute approximate surface area is 70.3 Å². The highest BCUT2D eigenvalue weighted by molar-refractivity contribution is 5.43. The number of aromatic nitrogens is 1. The van der Waals surface area contributed by atoms with Gasteiger partial charge in [-0.15, -0.1) is 0 Å². The monoisotopic (exact) mass is 158 g/mol. The maximum Gasteiger partial charge on any atom is 0.156 e. The molecule has 1 aromatic heterocycles. The van der Waals surface area contributed by atoms with Gasteiger partial charge in [0.1, 0.15) is 12.7 Å². The van der Waals surface area contributed by atoms with Crippen molar-refractivity contribution in [2.75, 3.05) is 6.61 Å². The fourth-order valence-corrected chi connectivity index (χ4v) is 0.730. The van der Waals surface area contributed by atoms with Crippen LogP contribution in [-0.2, 0) is 0 Å². The predicted octanol–water partition coefficient (Wildman–Crippen LogP) is 0.297. The number of nitrogens with zero attached hydrogens (tertiary/aromatic N) is 2. The quantitative estimate of drug-likeness (QED) is 0.552. The molecule has 0 aliphatic heterocycles. The molecule has 0 radical (unpaired) electrons. The minimum absolute atomic E-state index is 0.209. The fraction of sp³-hybridized carbons (Fsp3) is 0.111. The molecular weight excluding hydrogens is 152 g/mol. The fourth-order valence-electron chi connectivity index (χ4n) is 0.730. The van der Waals surface area contributed by atoms with Gasteiger partial charge < -0.3 is 5.11 Å². The zero-order valence-electron chi connectivity index (χ0n) is 6.28. The Balaban J connectivity index is 3.07. The van der Waals surface area contributed by atoms with Crippen LogP contribution in [0.4, 0.5) is 0 Å². The smallest absolute Gasteiger partial charge is 0.156 e. The first kappa shape index (κ1) is 8.26. The molecule has 0 saturated carbocycles. The van der Waals surface area contributed by atoms with E-state index in [1.165, 1.54) is 6.20 Å². The molecule has 0 fully saturated rings. The minimum atomic E-state index is -0.209. The standard InChI is InChI=1S/C9H6N2O/c10-7-9-8(4-2-6-12)3-1-5-11-9/h1,3,5,12H,6H2. The van der Waals surface area contributed by atoms with Crippen molar-refractivity contribution in [2.24, 2.45) is 0 Å². The highest BCUT2D eigenvalue weighted by Crippen LogP contribution is 2.00. The average Bonchev–Trinajstić information content (AvgIpc) is 2.15. The van der Waals surface area contributed by atoms with Crippen LogP contribution in [0.5, 0.6) is 0 Å². The van der Waals surface area contributed by atoms with E-state index in [0.29, 0.717) is 11.3 Å². The van der Waals surface area contributed by atoms with E-state index >= 15 is 0 Å². The number of pyridine rings is 1. The van der Waals surface area contributed by atoms with Crippen molar-refractivity contribution in [1.82, 2.24) is 4.98 Å². The van der Waals surface area contributed by atoms with Crippen LogP contribution in [-0.4, -0.2) is 16.7 Å². The number of hydrogen-bond donors (Lipinski definition) is 1. The van der Waals surface area contributed by atoms with Gasteiger partial charge in [-0.25, -0.2) is 4.98 Å². The van der Waals surface area contributed by atoms with Gasteiger partial charge in [-0.1, -0.05) is 11.8 Å². The van der Waals surface area contributed by atoms with Crippen LogP contribution in [0.25, 0.3) is 0 Å². The Morgan fingerprint density at radius 1 is 1.58 bits per heavy atom. The molecule has 1 aromatic rings. The Kier molecular flexibility index (Phi) is 2.84. The third kappa shape index (κ3) is 1.82. The van der Waals surface area contributed by atoms with Crippen LogP contribution in [0.2, 0.25) is 0 Å². The summed E-state index contributed by atoms with van der Waals surface area (Å²) in [5, 5.41) is 17.0. The Bertz CT molecular complexity index is 368. The first-order valence-electron chi connectivity index (χ1n) is 3.33. The molecule has 0 aliphatic rings. The molecular formula is C9H6N2O. The minimum Gasteiger partial charge on any atom is -0.384 e. The lowest BCUT2D eigenvalue weighted by molar-refractivity contribution is 0.350. The number of nitriles is 1. The van der Waals surface area contributed by atoms with Crippen LogP contribution in [0.15, 0.2) is 18.3 Å². The molecule has 0 aliphatic carbocycles. The van der Waals surface area contributed by atoms with Crippen molar-refractivity contribution in [3.8, 4) is 17.9 Å². The summed E-state index contributed by atoms with van der Waals surface area (Å²) in [4.78, 5) is 3.80. The topological polar surface area (TPSA) is 56.9 Å². The van der Waals surface area contributed by atoms with E-state index in [-0.39, 0.29) is 6.61 Å². The van der Waals surface area contributed by atoms with E-state index in [0.717, 1.165) is 0 Å². The number of rotatable bonds is 0. The van der Waals surface area contributed by atoms with Crippen molar-refractivity contribution in [2.45, 2.75) is 0 Å². The number of aliphatic hydroxyl groups excluding tert-OH is 1. The molecule has 12 heavy (non-hydrogen) atoms. The van der Waals surface area contributed by atoms with Gasteiger partial charge in [-0.3, -0.25) is 0 Å². The molecule has 0 atom stereocenters. The van der Waals surface area contributed by atoms with Gasteiger partial charge in [0.15, 0.2) is 5.69 Å². The van der Waals surface area contributed by atoms with E-state index in [2.05, 4.69) is 16.8 Å². The third-order valence-corrected chi connectivity index (χ3v) is 1.22. The van der Waals surface area contributed by atoms with Gasteiger partial charge in [-0.2, -0.15) is 5.26 Å². The first-order valence-corrected chi connectivity index (χ1v) is 3.33. The van der Waals surface area contributed by atoms with E-state index in [1.54, 1.807) is 12.1 Å². The highest BCUT2D eigenvalue weighted by atomic mass is 16.2. The highest BCUT2D eigenvalue weighted by Gasteiger charge is 1.96. The van der Waals surface area contributed by atoms with Crippen LogP contribution < -0.4 is 0 Å². The van der Waals surface area contributed by atoms with E-state index in [4.69, 9.17) is 10.4 Å². The lowest BCUT2D eigenvalue weighted by atomic mass is 10.2. The second-order valence-corrected chi connectivity index (χ2v) is 1.97. The molecule has 1 N–H and O–H groups in total. The van der Waals surface area contributed by atoms with Crippen molar-refractivity contribution < 1.29 is 5.11 Å². The second-order valence-electron chi connectivity index (χ2n) is 1.97. The number of aliphatic hydroxyl groups is 1. The lowest BCUT2D eigenvalue weighted by Gasteiger charge is -1.90. The Morgan fingerprint density at radius 2 is 2.42 bits per heavy atom. The molecule has 0 bridgehead atoms. The number of hydrogen-bond acceptors (Lipinski definition) is 3. The molecule has 0 aromatic carbocycles. The zero-order chi connectivity index (χ0) is 8.81. The van der Waals surface area contributed by atoms with Gasteiger partial charge in [0.2, 0.25) is 0 Å². The van der Waals surface area contributed by atoms with Crippen molar-refractivity contribution >= 4 is 0 Å². The summed E-state index contributed by atoms with van der Waals surface area (Å²) in [7, 11) is 0. The van der Waals surface area contributed by atoms with Gasteiger partial charge in [0.25, 0.3) is 0 Å². The molecule has 3 nitrogen and oxygen atoms in total. The maximum absolute atomic E-state index is 8.57. The second kappa shape index (κ2) is 4.12. The summed E-state index contributed by atoms with van der Waals surface area (Å²) in [6, 6.07) is 5.29. The largest absolute Gasteiger partial charge is 0.384 e. The molecule has 1 rings (SSSR count). The molecule has 0 saturated heterocycles. The van der Waals surface area contributed by atoms with Crippen molar-refractivity contribution in [1.29, 1.82) is 5.26 Å². The van der Waals surface area contributed by atoms with Crippen LogP contribution in [0, 0.1) is 23.2 Å². The molecule has 1 heterocycles. The maximum atomic E-state index is 8.57. The molecule has 3 heteroatoms. The van der Waals surface area contributed by atoms with E-state index in [1.807, 2.05) is 6.07 Å². The predicted molar refractivity (Wildman–Crippen MR) is 42.9 cm³/mol. The molecule has 0 amide bonds. The summed E-state index contributed by atoms with van der Waals surface area (Å²) < 4.78 is 0. The first-order chi connectivity index (χ1) is 5.88. The molecule has 58 valence electrons. The van der Waals surface area contributed by atoms with Gasteiger partial charge in [-0.05, 0) is 12.1 Å². The van der Waals surface area contributed by atoms with Crippen molar-refractivity contribution in [3.05, 3.63) is 29.6 Å². The SMILES string of the molecule is N#Cc1ncccc1C#CCO. The zero-order valence-corrected chi connectivity index (χ0v) is 6.28. The Hall–Kier alpha value is -1.84. The van der Waals surface area contributed by atoms with E-state index in [9.17, 15) is 0 Å². The Morgan fingerprint density at radius 3 is 3.08 bits per heavy atom. The summed E-state index contributed by atoms with van der Waals surface area (Å²) in [5.74, 6) is 5.08. The van der Waals surface area contributed by atoms with Crippen LogP contribution in [0.3, 0.4) is 0 Å². The summed E-state index contributed by atoms with van der Waals surface area (Å²) >= 11 is 0. The lowest BCUT2D eigenvalue weighted by Crippen LogP contribution is -1.87. The van der Waals surface area contributed by atoms with E-state index < -0.39 is 0 Å². The van der Waals surface area contributed by atoms with Crippen LogP contribution >= 0.6 is 0 Å². The molecule has 0 unspecified atom stereocenters. The molecule has 0 spiro atoms. The summed E-state index contributed by atoms with van der Waals surface area (Å²) in [5.41, 5.74) is 0.840. The van der Waals surface area contributed by atoms with Gasteiger partial charge in [0.05, 0.1) is 5.56 Å². The summed E-state index contributed by atoms with van der Waals surface area (Å²) in [6.45, 7) is -0.209. The van der Waals surface area contributed by atoms with Crippen molar-refractivity contribution in [3.63, 3.8) is 0 Å². The normalized spacial score (nSPS) is 8.00.